The topological polar surface area (TPSA) is 38.0 Å². The first kappa shape index (κ1) is 11.8. The van der Waals surface area contributed by atoms with Crippen molar-refractivity contribution >= 4 is 11.4 Å². The minimum absolute atomic E-state index is 0.267. The summed E-state index contributed by atoms with van der Waals surface area (Å²) in [6, 6.07) is 4.99. The van der Waals surface area contributed by atoms with Crippen LogP contribution in [-0.4, -0.2) is 6.04 Å². The van der Waals surface area contributed by atoms with Gasteiger partial charge in [0.15, 0.2) is 0 Å². The summed E-state index contributed by atoms with van der Waals surface area (Å²) in [5.41, 5.74) is 6.45. The van der Waals surface area contributed by atoms with Gasteiger partial charge in [0, 0.05) is 11.7 Å². The Labute approximate surface area is 90.7 Å². The maximum atomic E-state index is 13.4. The van der Waals surface area contributed by atoms with Crippen LogP contribution < -0.4 is 11.1 Å². The number of halogens is 1. The van der Waals surface area contributed by atoms with E-state index in [1.807, 2.05) is 0 Å². The molecule has 15 heavy (non-hydrogen) atoms. The summed E-state index contributed by atoms with van der Waals surface area (Å²) in [4.78, 5) is 0. The number of hydrogen-bond donors (Lipinski definition) is 2. The normalized spacial score (nSPS) is 12.9. The summed E-state index contributed by atoms with van der Waals surface area (Å²) in [5.74, 6) is 0.315. The molecule has 2 nitrogen and oxygen atoms in total. The minimum Gasteiger partial charge on any atom is -0.399 e. The van der Waals surface area contributed by atoms with Gasteiger partial charge in [-0.05, 0) is 37.5 Å². The van der Waals surface area contributed by atoms with E-state index in [0.29, 0.717) is 17.3 Å². The van der Waals surface area contributed by atoms with Crippen LogP contribution >= 0.6 is 0 Å². The molecule has 0 amide bonds. The van der Waals surface area contributed by atoms with Crippen LogP contribution in [0.1, 0.15) is 27.2 Å². The quantitative estimate of drug-likeness (QED) is 0.749. The predicted octanol–water partition coefficient (Wildman–Crippen LogP) is 3.25. The zero-order chi connectivity index (χ0) is 11.4. The second kappa shape index (κ2) is 5.01. The second-order valence-electron chi connectivity index (χ2n) is 4.41. The van der Waals surface area contributed by atoms with Crippen molar-refractivity contribution in [1.82, 2.24) is 0 Å². The Morgan fingerprint density at radius 2 is 2.00 bits per heavy atom. The molecule has 0 saturated heterocycles. The fraction of sp³-hybridized carbons (Fsp3) is 0.500. The highest BCUT2D eigenvalue weighted by atomic mass is 19.1. The van der Waals surface area contributed by atoms with Crippen molar-refractivity contribution in [2.45, 2.75) is 33.2 Å². The lowest BCUT2D eigenvalue weighted by atomic mass is 10.1. The molecule has 0 spiro atoms. The van der Waals surface area contributed by atoms with Crippen LogP contribution in [0.3, 0.4) is 0 Å². The van der Waals surface area contributed by atoms with Crippen molar-refractivity contribution in [2.24, 2.45) is 5.92 Å². The molecule has 0 aliphatic heterocycles. The van der Waals surface area contributed by atoms with Crippen LogP contribution in [0.4, 0.5) is 15.8 Å². The van der Waals surface area contributed by atoms with Gasteiger partial charge in [-0.15, -0.1) is 0 Å². The highest BCUT2D eigenvalue weighted by Gasteiger charge is 2.08. The number of nitrogen functional groups attached to an aromatic ring is 1. The Hall–Kier alpha value is -1.25. The summed E-state index contributed by atoms with van der Waals surface area (Å²) < 4.78 is 13.4. The standard InChI is InChI=1S/C12H19FN2/c1-8(2)6-9(3)15-12-5-4-10(14)7-11(12)13/h4-5,7-9,15H,6,14H2,1-3H3. The summed E-state index contributed by atoms with van der Waals surface area (Å²) >= 11 is 0. The summed E-state index contributed by atoms with van der Waals surface area (Å²) in [7, 11) is 0. The molecular formula is C12H19FN2. The van der Waals surface area contributed by atoms with Crippen molar-refractivity contribution in [1.29, 1.82) is 0 Å². The Morgan fingerprint density at radius 1 is 1.33 bits per heavy atom. The van der Waals surface area contributed by atoms with E-state index in [1.165, 1.54) is 6.07 Å². The molecule has 0 heterocycles. The third kappa shape index (κ3) is 3.78. The van der Waals surface area contributed by atoms with E-state index in [2.05, 4.69) is 26.1 Å². The molecule has 0 saturated carbocycles. The van der Waals surface area contributed by atoms with Crippen molar-refractivity contribution in [3.05, 3.63) is 24.0 Å². The lowest BCUT2D eigenvalue weighted by Gasteiger charge is -2.17. The molecule has 1 rings (SSSR count). The largest absolute Gasteiger partial charge is 0.399 e. The van der Waals surface area contributed by atoms with Crippen molar-refractivity contribution < 1.29 is 4.39 Å². The molecule has 0 bridgehead atoms. The number of nitrogens with one attached hydrogen (secondary N) is 1. The SMILES string of the molecule is CC(C)CC(C)Nc1ccc(N)cc1F. The molecular weight excluding hydrogens is 191 g/mol. The number of nitrogens with two attached hydrogens (primary N) is 1. The molecule has 1 aromatic carbocycles. The molecule has 0 fully saturated rings. The lowest BCUT2D eigenvalue weighted by Crippen LogP contribution is -2.18. The van der Waals surface area contributed by atoms with Gasteiger partial charge in [-0.3, -0.25) is 0 Å². The van der Waals surface area contributed by atoms with Gasteiger partial charge in [-0.2, -0.15) is 0 Å². The highest BCUT2D eigenvalue weighted by Crippen LogP contribution is 2.19. The smallest absolute Gasteiger partial charge is 0.148 e. The Morgan fingerprint density at radius 3 is 2.53 bits per heavy atom. The monoisotopic (exact) mass is 210 g/mol. The van der Waals surface area contributed by atoms with Gasteiger partial charge >= 0.3 is 0 Å². The fourth-order valence-electron chi connectivity index (χ4n) is 1.68. The van der Waals surface area contributed by atoms with Crippen molar-refractivity contribution in [3.8, 4) is 0 Å². The van der Waals surface area contributed by atoms with Crippen LogP contribution in [0.5, 0.6) is 0 Å². The lowest BCUT2D eigenvalue weighted by molar-refractivity contribution is 0.536. The fourth-order valence-corrected chi connectivity index (χ4v) is 1.68. The maximum Gasteiger partial charge on any atom is 0.148 e. The van der Waals surface area contributed by atoms with Gasteiger partial charge in [0.2, 0.25) is 0 Å². The van der Waals surface area contributed by atoms with E-state index >= 15 is 0 Å². The summed E-state index contributed by atoms with van der Waals surface area (Å²) in [6.07, 6.45) is 1.02. The predicted molar refractivity (Wildman–Crippen MR) is 63.4 cm³/mol. The van der Waals surface area contributed by atoms with E-state index in [0.717, 1.165) is 6.42 Å². The van der Waals surface area contributed by atoms with Crippen molar-refractivity contribution in [2.75, 3.05) is 11.1 Å². The van der Waals surface area contributed by atoms with Gasteiger partial charge in [-0.1, -0.05) is 13.8 Å². The third-order valence-corrected chi connectivity index (χ3v) is 2.22. The molecule has 3 N–H and O–H groups in total. The van der Waals surface area contributed by atoms with Crippen LogP contribution in [0.25, 0.3) is 0 Å². The molecule has 1 atom stereocenters. The Bertz CT molecular complexity index is 323. The zero-order valence-electron chi connectivity index (χ0n) is 9.55. The maximum absolute atomic E-state index is 13.4. The minimum atomic E-state index is -0.286. The first-order valence-corrected chi connectivity index (χ1v) is 5.30. The number of rotatable bonds is 4. The van der Waals surface area contributed by atoms with Crippen molar-refractivity contribution in [3.63, 3.8) is 0 Å². The molecule has 0 aliphatic carbocycles. The Balaban J connectivity index is 2.64. The van der Waals surface area contributed by atoms with Gasteiger partial charge in [0.25, 0.3) is 0 Å². The van der Waals surface area contributed by atoms with Crippen LogP contribution in [0.2, 0.25) is 0 Å². The number of anilines is 2. The van der Waals surface area contributed by atoms with E-state index < -0.39 is 0 Å². The molecule has 0 aliphatic rings. The summed E-state index contributed by atoms with van der Waals surface area (Å²) in [5, 5.41) is 3.14. The first-order chi connectivity index (χ1) is 6.99. The second-order valence-corrected chi connectivity index (χ2v) is 4.41. The van der Waals surface area contributed by atoms with E-state index in [9.17, 15) is 4.39 Å². The first-order valence-electron chi connectivity index (χ1n) is 5.30. The average Bonchev–Trinajstić information content (AvgIpc) is 2.08. The average molecular weight is 210 g/mol. The molecule has 0 radical (unpaired) electrons. The molecule has 1 aromatic rings. The van der Waals surface area contributed by atoms with E-state index in [-0.39, 0.29) is 11.9 Å². The Kier molecular flexibility index (Phi) is 3.95. The van der Waals surface area contributed by atoms with Crippen LogP contribution in [0, 0.1) is 11.7 Å². The summed E-state index contributed by atoms with van der Waals surface area (Å²) in [6.45, 7) is 6.35. The van der Waals surface area contributed by atoms with E-state index in [1.54, 1.807) is 12.1 Å². The molecule has 3 heteroatoms. The zero-order valence-corrected chi connectivity index (χ0v) is 9.55. The highest BCUT2D eigenvalue weighted by molar-refractivity contribution is 5.52. The molecule has 0 aromatic heterocycles. The molecule has 84 valence electrons. The van der Waals surface area contributed by atoms with E-state index in [4.69, 9.17) is 5.73 Å². The van der Waals surface area contributed by atoms with Gasteiger partial charge < -0.3 is 11.1 Å². The van der Waals surface area contributed by atoms with Crippen LogP contribution in [0.15, 0.2) is 18.2 Å². The number of benzene rings is 1. The van der Waals surface area contributed by atoms with Gasteiger partial charge in [0.1, 0.15) is 5.82 Å². The van der Waals surface area contributed by atoms with Gasteiger partial charge in [0.05, 0.1) is 5.69 Å². The third-order valence-electron chi connectivity index (χ3n) is 2.22. The molecule has 1 unspecified atom stereocenters. The van der Waals surface area contributed by atoms with Crippen LogP contribution in [-0.2, 0) is 0 Å². The van der Waals surface area contributed by atoms with Gasteiger partial charge in [-0.25, -0.2) is 4.39 Å². The number of hydrogen-bond acceptors (Lipinski definition) is 2.